The van der Waals surface area contributed by atoms with Crippen molar-refractivity contribution in [1.82, 2.24) is 10.4 Å². The van der Waals surface area contributed by atoms with Gasteiger partial charge in [-0.25, -0.2) is 4.99 Å². The number of amides is 3. The summed E-state index contributed by atoms with van der Waals surface area (Å²) in [4.78, 5) is 43.9. The number of carbonyl (C=O) groups is 3. The van der Waals surface area contributed by atoms with Crippen molar-refractivity contribution in [1.29, 1.82) is 0 Å². The smallest absolute Gasteiger partial charge is 0.297 e. The summed E-state index contributed by atoms with van der Waals surface area (Å²) in [5.41, 5.74) is 5.08. The summed E-state index contributed by atoms with van der Waals surface area (Å²) in [6, 6.07) is 21.6. The van der Waals surface area contributed by atoms with Gasteiger partial charge in [0.1, 0.15) is 11.4 Å². The molecule has 0 radical (unpaired) electrons. The Bertz CT molecular complexity index is 1390. The molecule has 3 amide bonds. The summed E-state index contributed by atoms with van der Waals surface area (Å²) in [6.45, 7) is 3.50. The molecule has 0 aliphatic carbocycles. The van der Waals surface area contributed by atoms with E-state index in [9.17, 15) is 14.4 Å². The van der Waals surface area contributed by atoms with E-state index in [0.29, 0.717) is 23.7 Å². The molecule has 0 bridgehead atoms. The Hall–Kier alpha value is -4.37. The molecule has 0 atom stereocenters. The molecule has 3 aromatic carbocycles. The van der Waals surface area contributed by atoms with Crippen LogP contribution in [-0.2, 0) is 9.59 Å². The zero-order valence-corrected chi connectivity index (χ0v) is 21.5. The quantitative estimate of drug-likeness (QED) is 0.334. The van der Waals surface area contributed by atoms with Gasteiger partial charge in [-0.2, -0.15) is 5.01 Å². The van der Waals surface area contributed by atoms with Crippen molar-refractivity contribution in [3.05, 3.63) is 95.2 Å². The second kappa shape index (κ2) is 11.6. The van der Waals surface area contributed by atoms with E-state index < -0.39 is 11.8 Å². The molecule has 0 saturated carbocycles. The van der Waals surface area contributed by atoms with Crippen molar-refractivity contribution in [2.75, 3.05) is 18.2 Å². The number of ether oxygens (including phenoxy) is 1. The molecule has 0 spiro atoms. The second-order valence-corrected chi connectivity index (χ2v) is 8.89. The number of aliphatic imine (C=N–C) groups is 1. The monoisotopic (exact) mass is 514 g/mol. The van der Waals surface area contributed by atoms with Crippen LogP contribution >= 0.6 is 11.8 Å². The van der Waals surface area contributed by atoms with Gasteiger partial charge in [-0.05, 0) is 49.1 Å². The zero-order chi connectivity index (χ0) is 26.4. The average molecular weight is 515 g/mol. The molecular weight excluding hydrogens is 488 g/mol. The predicted octanol–water partition coefficient (Wildman–Crippen LogP) is 4.74. The number of hydrazine groups is 1. The first-order valence-electron chi connectivity index (χ1n) is 11.6. The maximum absolute atomic E-state index is 13.4. The first-order chi connectivity index (χ1) is 17.9. The van der Waals surface area contributed by atoms with Crippen molar-refractivity contribution in [3.8, 4) is 5.75 Å². The van der Waals surface area contributed by atoms with E-state index in [4.69, 9.17) is 4.74 Å². The topological polar surface area (TPSA) is 100 Å². The van der Waals surface area contributed by atoms with Crippen LogP contribution in [-0.4, -0.2) is 41.4 Å². The van der Waals surface area contributed by atoms with Crippen LogP contribution in [0.4, 0.5) is 5.69 Å². The van der Waals surface area contributed by atoms with Gasteiger partial charge in [-0.3, -0.25) is 19.8 Å². The number of nitrogens with zero attached hydrogens (tertiary/aromatic N) is 2. The van der Waals surface area contributed by atoms with Gasteiger partial charge >= 0.3 is 0 Å². The van der Waals surface area contributed by atoms with Gasteiger partial charge in [-0.15, -0.1) is 11.8 Å². The van der Waals surface area contributed by atoms with Crippen molar-refractivity contribution >= 4 is 47.1 Å². The van der Waals surface area contributed by atoms with Crippen molar-refractivity contribution < 1.29 is 19.1 Å². The summed E-state index contributed by atoms with van der Waals surface area (Å²) < 4.78 is 5.64. The molecule has 37 heavy (non-hydrogen) atoms. The fourth-order valence-corrected chi connectivity index (χ4v) is 4.10. The molecule has 1 heterocycles. The maximum atomic E-state index is 13.4. The maximum Gasteiger partial charge on any atom is 0.297 e. The van der Waals surface area contributed by atoms with Crippen LogP contribution in [0.3, 0.4) is 0 Å². The first kappa shape index (κ1) is 25.7. The third kappa shape index (κ3) is 6.07. The highest BCUT2D eigenvalue weighted by Crippen LogP contribution is 2.26. The second-order valence-electron chi connectivity index (χ2n) is 8.01. The van der Waals surface area contributed by atoms with Crippen molar-refractivity contribution in [2.45, 2.75) is 18.7 Å². The minimum atomic E-state index is -0.555. The standard InChI is InChI=1S/C28H26N4O4S/c1-4-36-25-17-21(29-18(2)33)12-15-23(25)27(34)31-32-26(20-8-6-5-7-9-20)30-24(28(32)35)16-19-10-13-22(37-3)14-11-19/h5-17H,4H2,1-3H3,(H,29,33)(H,31,34)/b24-16+. The highest BCUT2D eigenvalue weighted by atomic mass is 32.2. The molecule has 8 nitrogen and oxygen atoms in total. The largest absolute Gasteiger partial charge is 0.493 e. The van der Waals surface area contributed by atoms with E-state index in [1.54, 1.807) is 36.9 Å². The lowest BCUT2D eigenvalue weighted by Gasteiger charge is -2.20. The molecule has 9 heteroatoms. The Morgan fingerprint density at radius 2 is 1.78 bits per heavy atom. The van der Waals surface area contributed by atoms with Crippen LogP contribution < -0.4 is 15.5 Å². The summed E-state index contributed by atoms with van der Waals surface area (Å²) in [5.74, 6) is -0.678. The highest BCUT2D eigenvalue weighted by Gasteiger charge is 2.33. The fraction of sp³-hybridized carbons (Fsp3) is 0.143. The van der Waals surface area contributed by atoms with Gasteiger partial charge in [0.15, 0.2) is 5.84 Å². The van der Waals surface area contributed by atoms with Crippen molar-refractivity contribution in [3.63, 3.8) is 0 Å². The molecule has 1 aliphatic heterocycles. The zero-order valence-electron chi connectivity index (χ0n) is 20.6. The summed E-state index contributed by atoms with van der Waals surface area (Å²) in [7, 11) is 0. The number of thioether (sulfide) groups is 1. The number of rotatable bonds is 8. The molecule has 0 saturated heterocycles. The van der Waals surface area contributed by atoms with Crippen LogP contribution in [0.1, 0.15) is 35.3 Å². The number of anilines is 1. The van der Waals surface area contributed by atoms with Crippen LogP contribution in [0.15, 0.2) is 88.4 Å². The van der Waals surface area contributed by atoms with Crippen molar-refractivity contribution in [2.24, 2.45) is 4.99 Å². The SMILES string of the molecule is CCOc1cc(NC(C)=O)ccc1C(=O)NN1C(=O)/C(=C\c2ccc(SC)cc2)N=C1c1ccccc1. The van der Waals surface area contributed by atoms with Crippen LogP contribution in [0.2, 0.25) is 0 Å². The number of nitrogens with one attached hydrogen (secondary N) is 2. The number of carbonyl (C=O) groups excluding carboxylic acids is 3. The Kier molecular flexibility index (Phi) is 8.05. The summed E-state index contributed by atoms with van der Waals surface area (Å²) >= 11 is 1.63. The first-order valence-corrected chi connectivity index (χ1v) is 12.8. The lowest BCUT2D eigenvalue weighted by Crippen LogP contribution is -2.47. The molecule has 0 unspecified atom stereocenters. The molecule has 2 N–H and O–H groups in total. The molecule has 0 aromatic heterocycles. The van der Waals surface area contributed by atoms with Crippen LogP contribution in [0, 0.1) is 0 Å². The highest BCUT2D eigenvalue weighted by molar-refractivity contribution is 7.98. The van der Waals surface area contributed by atoms with Gasteiger partial charge in [0.2, 0.25) is 5.91 Å². The van der Waals surface area contributed by atoms with E-state index in [-0.39, 0.29) is 22.9 Å². The third-order valence-corrected chi connectivity index (χ3v) is 6.11. The average Bonchev–Trinajstić information content (AvgIpc) is 3.19. The van der Waals surface area contributed by atoms with Gasteiger partial charge in [0.25, 0.3) is 11.8 Å². The number of amidine groups is 1. The molecule has 0 fully saturated rings. The summed E-state index contributed by atoms with van der Waals surface area (Å²) in [6.07, 6.45) is 3.69. The minimum absolute atomic E-state index is 0.196. The van der Waals surface area contributed by atoms with Gasteiger partial charge in [0, 0.05) is 29.1 Å². The lowest BCUT2D eigenvalue weighted by atomic mass is 10.1. The summed E-state index contributed by atoms with van der Waals surface area (Å²) in [5, 5.41) is 3.82. The van der Waals surface area contributed by atoms with Gasteiger partial charge < -0.3 is 10.1 Å². The van der Waals surface area contributed by atoms with E-state index in [0.717, 1.165) is 15.5 Å². The normalized spacial score (nSPS) is 13.9. The Labute approximate surface area is 219 Å². The van der Waals surface area contributed by atoms with Gasteiger partial charge in [-0.1, -0.05) is 42.5 Å². The van der Waals surface area contributed by atoms with E-state index in [1.165, 1.54) is 13.0 Å². The molecule has 1 aliphatic rings. The van der Waals surface area contributed by atoms with E-state index in [1.807, 2.05) is 60.9 Å². The van der Waals surface area contributed by atoms with Crippen LogP contribution in [0.25, 0.3) is 6.08 Å². The fourth-order valence-electron chi connectivity index (χ4n) is 3.69. The van der Waals surface area contributed by atoms with Gasteiger partial charge in [0.05, 0.1) is 12.2 Å². The number of hydrogen-bond acceptors (Lipinski definition) is 6. The molecule has 4 rings (SSSR count). The number of hydrogen-bond donors (Lipinski definition) is 2. The molecular formula is C28H26N4O4S. The predicted molar refractivity (Wildman–Crippen MR) is 145 cm³/mol. The minimum Gasteiger partial charge on any atom is -0.493 e. The Balaban J connectivity index is 1.66. The Morgan fingerprint density at radius 1 is 1.05 bits per heavy atom. The Morgan fingerprint density at radius 3 is 2.43 bits per heavy atom. The van der Waals surface area contributed by atoms with E-state index >= 15 is 0 Å². The number of benzene rings is 3. The van der Waals surface area contributed by atoms with E-state index in [2.05, 4.69) is 15.7 Å². The molecule has 3 aromatic rings. The third-order valence-electron chi connectivity index (χ3n) is 5.37. The lowest BCUT2D eigenvalue weighted by molar-refractivity contribution is -0.124. The molecule has 188 valence electrons. The van der Waals surface area contributed by atoms with Crippen LogP contribution in [0.5, 0.6) is 5.75 Å².